The van der Waals surface area contributed by atoms with E-state index in [0.717, 1.165) is 34.6 Å². The molecule has 1 saturated heterocycles. The topological polar surface area (TPSA) is 29.5 Å². The molecule has 0 aliphatic carbocycles. The summed E-state index contributed by atoms with van der Waals surface area (Å²) in [6, 6.07) is 27.5. The Kier molecular flexibility index (Phi) is 6.96. The SMILES string of the molecule is C/C(=C(/C(=O)c1ccc(OCCN2CCCC2)cc1)c1ccccc1)c1ccccc1. The molecule has 0 saturated carbocycles. The van der Waals surface area contributed by atoms with Crippen LogP contribution in [0.25, 0.3) is 11.1 Å². The van der Waals surface area contributed by atoms with Crippen LogP contribution >= 0.6 is 0 Å². The summed E-state index contributed by atoms with van der Waals surface area (Å²) in [7, 11) is 0. The second-order valence-electron chi connectivity index (χ2n) is 7.98. The summed E-state index contributed by atoms with van der Waals surface area (Å²) in [5, 5.41) is 0. The first-order chi connectivity index (χ1) is 15.2. The maximum Gasteiger partial charge on any atom is 0.193 e. The summed E-state index contributed by atoms with van der Waals surface area (Å²) in [5.74, 6) is 0.830. The highest BCUT2D eigenvalue weighted by Gasteiger charge is 2.18. The van der Waals surface area contributed by atoms with Gasteiger partial charge in [0.2, 0.25) is 0 Å². The van der Waals surface area contributed by atoms with Crippen LogP contribution in [0.2, 0.25) is 0 Å². The molecule has 0 amide bonds. The molecule has 0 bridgehead atoms. The van der Waals surface area contributed by atoms with Gasteiger partial charge in [-0.1, -0.05) is 60.7 Å². The highest BCUT2D eigenvalue weighted by molar-refractivity contribution is 6.34. The number of allylic oxidation sites excluding steroid dienone is 2. The number of rotatable bonds is 8. The Bertz CT molecular complexity index is 1020. The lowest BCUT2D eigenvalue weighted by Crippen LogP contribution is -2.25. The minimum Gasteiger partial charge on any atom is -0.492 e. The fraction of sp³-hybridized carbons (Fsp3) is 0.250. The van der Waals surface area contributed by atoms with Crippen molar-refractivity contribution in [2.75, 3.05) is 26.2 Å². The van der Waals surface area contributed by atoms with Gasteiger partial charge in [0, 0.05) is 17.7 Å². The Morgan fingerprint density at radius 2 is 1.35 bits per heavy atom. The largest absolute Gasteiger partial charge is 0.492 e. The number of hydrogen-bond acceptors (Lipinski definition) is 3. The summed E-state index contributed by atoms with van der Waals surface area (Å²) in [5.41, 5.74) is 4.36. The second kappa shape index (κ2) is 10.2. The van der Waals surface area contributed by atoms with E-state index in [1.165, 1.54) is 25.9 Å². The number of ether oxygens (including phenoxy) is 1. The molecule has 0 aromatic heterocycles. The van der Waals surface area contributed by atoms with Crippen molar-refractivity contribution in [2.45, 2.75) is 19.8 Å². The molecule has 1 heterocycles. The number of Topliss-reactive ketones (excluding diaryl/α,β-unsaturated/α-hetero) is 1. The molecule has 158 valence electrons. The van der Waals surface area contributed by atoms with Crippen molar-refractivity contribution in [3.63, 3.8) is 0 Å². The first kappa shape index (κ1) is 21.1. The van der Waals surface area contributed by atoms with E-state index in [2.05, 4.69) is 4.90 Å². The Morgan fingerprint density at radius 1 is 0.774 bits per heavy atom. The third-order valence-corrected chi connectivity index (χ3v) is 5.86. The van der Waals surface area contributed by atoms with E-state index in [1.807, 2.05) is 91.9 Å². The quantitative estimate of drug-likeness (QED) is 0.260. The predicted molar refractivity (Wildman–Crippen MR) is 127 cm³/mol. The number of hydrogen-bond donors (Lipinski definition) is 0. The van der Waals surface area contributed by atoms with Crippen LogP contribution in [-0.4, -0.2) is 36.9 Å². The molecule has 0 radical (unpaired) electrons. The average Bonchev–Trinajstić information content (AvgIpc) is 3.34. The zero-order valence-electron chi connectivity index (χ0n) is 18.1. The lowest BCUT2D eigenvalue weighted by atomic mass is 9.90. The van der Waals surface area contributed by atoms with Gasteiger partial charge in [0.25, 0.3) is 0 Å². The van der Waals surface area contributed by atoms with Gasteiger partial charge in [0.1, 0.15) is 12.4 Å². The Labute approximate surface area is 185 Å². The maximum atomic E-state index is 13.6. The normalized spacial score (nSPS) is 14.9. The third-order valence-electron chi connectivity index (χ3n) is 5.86. The number of likely N-dealkylation sites (tertiary alicyclic amines) is 1. The van der Waals surface area contributed by atoms with Crippen molar-refractivity contribution < 1.29 is 9.53 Å². The highest BCUT2D eigenvalue weighted by atomic mass is 16.5. The molecular formula is C28H29NO2. The van der Waals surface area contributed by atoms with E-state index in [0.29, 0.717) is 12.2 Å². The molecule has 1 aliphatic rings. The van der Waals surface area contributed by atoms with Gasteiger partial charge in [-0.25, -0.2) is 0 Å². The van der Waals surface area contributed by atoms with Crippen LogP contribution in [0.5, 0.6) is 5.75 Å². The van der Waals surface area contributed by atoms with E-state index < -0.39 is 0 Å². The van der Waals surface area contributed by atoms with Crippen molar-refractivity contribution in [3.05, 3.63) is 102 Å². The van der Waals surface area contributed by atoms with Gasteiger partial charge in [-0.05, 0) is 73.8 Å². The van der Waals surface area contributed by atoms with Crippen LogP contribution in [0.15, 0.2) is 84.9 Å². The first-order valence-electron chi connectivity index (χ1n) is 11.0. The van der Waals surface area contributed by atoms with E-state index in [4.69, 9.17) is 4.74 Å². The van der Waals surface area contributed by atoms with Gasteiger partial charge in [-0.15, -0.1) is 0 Å². The van der Waals surface area contributed by atoms with E-state index in [9.17, 15) is 4.79 Å². The molecule has 0 atom stereocenters. The summed E-state index contributed by atoms with van der Waals surface area (Å²) in [6.07, 6.45) is 2.58. The molecule has 1 fully saturated rings. The molecule has 0 spiro atoms. The first-order valence-corrected chi connectivity index (χ1v) is 11.0. The van der Waals surface area contributed by atoms with Crippen LogP contribution in [0, 0.1) is 0 Å². The number of nitrogens with zero attached hydrogens (tertiary/aromatic N) is 1. The molecule has 1 aliphatic heterocycles. The Balaban J connectivity index is 1.54. The highest BCUT2D eigenvalue weighted by Crippen LogP contribution is 2.29. The van der Waals surface area contributed by atoms with Crippen LogP contribution in [0.3, 0.4) is 0 Å². The summed E-state index contributed by atoms with van der Waals surface area (Å²) < 4.78 is 5.90. The van der Waals surface area contributed by atoms with Crippen molar-refractivity contribution in [2.24, 2.45) is 0 Å². The Hall–Kier alpha value is -3.17. The second-order valence-corrected chi connectivity index (χ2v) is 7.98. The van der Waals surface area contributed by atoms with E-state index >= 15 is 0 Å². The summed E-state index contributed by atoms with van der Waals surface area (Å²) >= 11 is 0. The molecule has 3 heteroatoms. The van der Waals surface area contributed by atoms with Crippen LogP contribution in [0.1, 0.15) is 41.3 Å². The maximum absolute atomic E-state index is 13.6. The van der Waals surface area contributed by atoms with Crippen molar-refractivity contribution in [1.29, 1.82) is 0 Å². The number of carbonyl (C=O) groups excluding carboxylic acids is 1. The van der Waals surface area contributed by atoms with Crippen molar-refractivity contribution in [3.8, 4) is 5.75 Å². The molecule has 3 aromatic rings. The summed E-state index contributed by atoms with van der Waals surface area (Å²) in [6.45, 7) is 6.00. The molecule has 3 nitrogen and oxygen atoms in total. The summed E-state index contributed by atoms with van der Waals surface area (Å²) in [4.78, 5) is 16.0. The van der Waals surface area contributed by atoms with Crippen molar-refractivity contribution >= 4 is 16.9 Å². The van der Waals surface area contributed by atoms with Gasteiger partial charge in [-0.3, -0.25) is 9.69 Å². The van der Waals surface area contributed by atoms with Gasteiger partial charge in [0.05, 0.1) is 0 Å². The van der Waals surface area contributed by atoms with Crippen LogP contribution in [-0.2, 0) is 0 Å². The fourth-order valence-electron chi connectivity index (χ4n) is 4.10. The van der Waals surface area contributed by atoms with Crippen molar-refractivity contribution in [1.82, 2.24) is 4.90 Å². The minimum absolute atomic E-state index is 0.0242. The van der Waals surface area contributed by atoms with Gasteiger partial charge in [0.15, 0.2) is 5.78 Å². The lowest BCUT2D eigenvalue weighted by molar-refractivity contribution is 0.105. The third kappa shape index (κ3) is 5.31. The average molecular weight is 412 g/mol. The van der Waals surface area contributed by atoms with Gasteiger partial charge < -0.3 is 4.74 Å². The molecule has 31 heavy (non-hydrogen) atoms. The smallest absolute Gasteiger partial charge is 0.193 e. The standard InChI is InChI=1S/C28H29NO2/c1-22(23-10-4-2-5-11-23)27(24-12-6-3-7-13-24)28(30)25-14-16-26(17-15-25)31-21-20-29-18-8-9-19-29/h2-7,10-17H,8-9,18-21H2,1H3/b27-22-. The van der Waals surface area contributed by atoms with Gasteiger partial charge >= 0.3 is 0 Å². The number of ketones is 1. The molecular weight excluding hydrogens is 382 g/mol. The number of carbonyl (C=O) groups is 1. The van der Waals surface area contributed by atoms with Crippen LogP contribution < -0.4 is 4.74 Å². The van der Waals surface area contributed by atoms with E-state index in [-0.39, 0.29) is 5.78 Å². The Morgan fingerprint density at radius 3 is 1.97 bits per heavy atom. The molecule has 3 aromatic carbocycles. The lowest BCUT2D eigenvalue weighted by Gasteiger charge is -2.15. The molecule has 0 unspecified atom stereocenters. The zero-order valence-corrected chi connectivity index (χ0v) is 18.1. The monoisotopic (exact) mass is 411 g/mol. The zero-order chi connectivity index (χ0) is 21.5. The van der Waals surface area contributed by atoms with E-state index in [1.54, 1.807) is 0 Å². The van der Waals surface area contributed by atoms with Gasteiger partial charge in [-0.2, -0.15) is 0 Å². The molecule has 0 N–H and O–H groups in total. The fourth-order valence-corrected chi connectivity index (χ4v) is 4.10. The minimum atomic E-state index is 0.0242. The molecule has 4 rings (SSSR count). The predicted octanol–water partition coefficient (Wildman–Crippen LogP) is 5.97. The van der Waals surface area contributed by atoms with Crippen LogP contribution in [0.4, 0.5) is 0 Å². The number of benzene rings is 3.